The summed E-state index contributed by atoms with van der Waals surface area (Å²) in [5.41, 5.74) is 2.91. The first kappa shape index (κ1) is 11.5. The van der Waals surface area contributed by atoms with Crippen molar-refractivity contribution in [3.8, 4) is 5.75 Å². The molecule has 19 heavy (non-hydrogen) atoms. The van der Waals surface area contributed by atoms with Crippen molar-refractivity contribution in [1.29, 1.82) is 0 Å². The van der Waals surface area contributed by atoms with Crippen molar-refractivity contribution < 1.29 is 5.11 Å². The molecular weight excluding hydrogens is 240 g/mol. The smallest absolute Gasteiger partial charge is 0.129 e. The number of pyridine rings is 1. The number of rotatable bonds is 3. The lowest BCUT2D eigenvalue weighted by atomic mass is 10.3. The van der Waals surface area contributed by atoms with Crippen LogP contribution in [0.3, 0.4) is 0 Å². The van der Waals surface area contributed by atoms with Crippen LogP contribution in [-0.2, 0) is 13.6 Å². The van der Waals surface area contributed by atoms with Crippen LogP contribution in [0.2, 0.25) is 0 Å². The zero-order valence-corrected chi connectivity index (χ0v) is 10.5. The standard InChI is InChI=1S/C14H14N4O/c1-18-13-6-7-15-8-12(13)17-14(18)9-16-10-2-4-11(19)5-3-10/h2-8,16,19H,9H2,1H3. The molecule has 0 bridgehead atoms. The average Bonchev–Trinajstić information content (AvgIpc) is 2.76. The summed E-state index contributed by atoms with van der Waals surface area (Å²) in [4.78, 5) is 8.60. The fourth-order valence-corrected chi connectivity index (χ4v) is 2.02. The third kappa shape index (κ3) is 2.22. The molecule has 0 aliphatic carbocycles. The third-order valence-corrected chi connectivity index (χ3v) is 3.09. The molecule has 0 radical (unpaired) electrons. The van der Waals surface area contributed by atoms with E-state index in [2.05, 4.69) is 15.3 Å². The molecule has 0 saturated carbocycles. The van der Waals surface area contributed by atoms with Crippen LogP contribution >= 0.6 is 0 Å². The highest BCUT2D eigenvalue weighted by atomic mass is 16.3. The van der Waals surface area contributed by atoms with E-state index >= 15 is 0 Å². The Morgan fingerprint density at radius 1 is 1.21 bits per heavy atom. The van der Waals surface area contributed by atoms with Crippen molar-refractivity contribution in [2.24, 2.45) is 7.05 Å². The Kier molecular flexibility index (Phi) is 2.79. The van der Waals surface area contributed by atoms with E-state index < -0.39 is 0 Å². The van der Waals surface area contributed by atoms with Crippen LogP contribution in [0.15, 0.2) is 42.7 Å². The number of phenols is 1. The summed E-state index contributed by atoms with van der Waals surface area (Å²) in [7, 11) is 1.99. The van der Waals surface area contributed by atoms with E-state index in [1.54, 1.807) is 24.5 Å². The van der Waals surface area contributed by atoms with Crippen LogP contribution in [0.1, 0.15) is 5.82 Å². The summed E-state index contributed by atoms with van der Waals surface area (Å²) in [6, 6.07) is 8.92. The van der Waals surface area contributed by atoms with Gasteiger partial charge < -0.3 is 15.0 Å². The molecule has 0 aliphatic rings. The fourth-order valence-electron chi connectivity index (χ4n) is 2.02. The van der Waals surface area contributed by atoms with E-state index in [1.165, 1.54) is 0 Å². The Bertz CT molecular complexity index is 703. The number of aromatic hydroxyl groups is 1. The number of imidazole rings is 1. The van der Waals surface area contributed by atoms with Gasteiger partial charge in [-0.25, -0.2) is 4.98 Å². The predicted molar refractivity (Wildman–Crippen MR) is 73.9 cm³/mol. The summed E-state index contributed by atoms with van der Waals surface area (Å²) >= 11 is 0. The Balaban J connectivity index is 1.82. The van der Waals surface area contributed by atoms with Gasteiger partial charge in [-0.15, -0.1) is 0 Å². The van der Waals surface area contributed by atoms with Gasteiger partial charge in [0, 0.05) is 18.9 Å². The number of phenolic OH excluding ortho intramolecular Hbond substituents is 1. The minimum absolute atomic E-state index is 0.263. The van der Waals surface area contributed by atoms with E-state index in [-0.39, 0.29) is 5.75 Å². The Morgan fingerprint density at radius 2 is 2.00 bits per heavy atom. The van der Waals surface area contributed by atoms with Crippen molar-refractivity contribution in [1.82, 2.24) is 14.5 Å². The van der Waals surface area contributed by atoms with Gasteiger partial charge in [0.05, 0.1) is 18.3 Å². The van der Waals surface area contributed by atoms with Gasteiger partial charge in [0.25, 0.3) is 0 Å². The molecule has 96 valence electrons. The third-order valence-electron chi connectivity index (χ3n) is 3.09. The van der Waals surface area contributed by atoms with Crippen molar-refractivity contribution in [2.45, 2.75) is 6.54 Å². The van der Waals surface area contributed by atoms with Gasteiger partial charge in [-0.2, -0.15) is 0 Å². The van der Waals surface area contributed by atoms with Crippen molar-refractivity contribution >= 4 is 16.7 Å². The van der Waals surface area contributed by atoms with Crippen molar-refractivity contribution in [3.05, 3.63) is 48.5 Å². The van der Waals surface area contributed by atoms with E-state index in [0.29, 0.717) is 6.54 Å². The van der Waals surface area contributed by atoms with Crippen LogP contribution in [0, 0.1) is 0 Å². The van der Waals surface area contributed by atoms with Crippen LogP contribution in [0.4, 0.5) is 5.69 Å². The Labute approximate surface area is 110 Å². The highest BCUT2D eigenvalue weighted by Crippen LogP contribution is 2.16. The molecule has 3 rings (SSSR count). The second-order valence-electron chi connectivity index (χ2n) is 4.35. The van der Waals surface area contributed by atoms with Gasteiger partial charge in [0.2, 0.25) is 0 Å². The predicted octanol–water partition coefficient (Wildman–Crippen LogP) is 2.29. The molecule has 1 aromatic carbocycles. The zero-order chi connectivity index (χ0) is 13.2. The summed E-state index contributed by atoms with van der Waals surface area (Å²) in [5.74, 6) is 1.20. The molecule has 2 heterocycles. The number of anilines is 1. The molecule has 0 atom stereocenters. The first-order valence-electron chi connectivity index (χ1n) is 6.02. The number of hydrogen-bond donors (Lipinski definition) is 2. The minimum Gasteiger partial charge on any atom is -0.508 e. The first-order valence-corrected chi connectivity index (χ1v) is 6.02. The monoisotopic (exact) mass is 254 g/mol. The number of nitrogens with one attached hydrogen (secondary N) is 1. The SMILES string of the molecule is Cn1c(CNc2ccc(O)cc2)nc2cnccc21. The van der Waals surface area contributed by atoms with Gasteiger partial charge in [-0.3, -0.25) is 4.98 Å². The highest BCUT2D eigenvalue weighted by Gasteiger charge is 2.06. The van der Waals surface area contributed by atoms with Crippen LogP contribution in [0.5, 0.6) is 5.75 Å². The summed E-state index contributed by atoms with van der Waals surface area (Å²) < 4.78 is 2.05. The number of aryl methyl sites for hydroxylation is 1. The lowest BCUT2D eigenvalue weighted by Gasteiger charge is -2.06. The summed E-state index contributed by atoms with van der Waals surface area (Å²) in [6.45, 7) is 0.621. The van der Waals surface area contributed by atoms with Gasteiger partial charge in [0.15, 0.2) is 0 Å². The Morgan fingerprint density at radius 3 is 2.74 bits per heavy atom. The second kappa shape index (κ2) is 4.61. The normalized spacial score (nSPS) is 10.8. The van der Waals surface area contributed by atoms with Gasteiger partial charge >= 0.3 is 0 Å². The van der Waals surface area contributed by atoms with E-state index in [9.17, 15) is 5.11 Å². The first-order chi connectivity index (χ1) is 9.24. The van der Waals surface area contributed by atoms with E-state index in [1.807, 2.05) is 29.8 Å². The lowest BCUT2D eigenvalue weighted by molar-refractivity contribution is 0.475. The lowest BCUT2D eigenvalue weighted by Crippen LogP contribution is -2.05. The van der Waals surface area contributed by atoms with Crippen LogP contribution in [-0.4, -0.2) is 19.6 Å². The molecule has 3 aromatic rings. The van der Waals surface area contributed by atoms with Crippen molar-refractivity contribution in [3.63, 3.8) is 0 Å². The second-order valence-corrected chi connectivity index (χ2v) is 4.35. The molecule has 0 amide bonds. The number of fused-ring (bicyclic) bond motifs is 1. The molecule has 0 unspecified atom stereocenters. The number of nitrogens with zero attached hydrogens (tertiary/aromatic N) is 3. The quantitative estimate of drug-likeness (QED) is 0.704. The largest absolute Gasteiger partial charge is 0.508 e. The fraction of sp³-hybridized carbons (Fsp3) is 0.143. The maximum atomic E-state index is 9.23. The summed E-state index contributed by atoms with van der Waals surface area (Å²) in [6.07, 6.45) is 3.53. The number of benzene rings is 1. The van der Waals surface area contributed by atoms with Gasteiger partial charge in [-0.05, 0) is 30.3 Å². The van der Waals surface area contributed by atoms with Crippen molar-refractivity contribution in [2.75, 3.05) is 5.32 Å². The highest BCUT2D eigenvalue weighted by molar-refractivity contribution is 5.74. The van der Waals surface area contributed by atoms with Crippen LogP contribution < -0.4 is 5.32 Å². The molecule has 0 aliphatic heterocycles. The molecule has 5 nitrogen and oxygen atoms in total. The van der Waals surface area contributed by atoms with Gasteiger partial charge in [0.1, 0.15) is 17.1 Å². The van der Waals surface area contributed by atoms with Crippen LogP contribution in [0.25, 0.3) is 11.0 Å². The van der Waals surface area contributed by atoms with E-state index in [4.69, 9.17) is 0 Å². The summed E-state index contributed by atoms with van der Waals surface area (Å²) in [5, 5.41) is 12.5. The number of hydrogen-bond acceptors (Lipinski definition) is 4. The molecule has 0 spiro atoms. The zero-order valence-electron chi connectivity index (χ0n) is 10.5. The average molecular weight is 254 g/mol. The molecular formula is C14H14N4O. The van der Waals surface area contributed by atoms with Gasteiger partial charge in [-0.1, -0.05) is 0 Å². The molecule has 2 N–H and O–H groups in total. The molecule has 5 heteroatoms. The Hall–Kier alpha value is -2.56. The molecule has 0 saturated heterocycles. The number of aromatic nitrogens is 3. The minimum atomic E-state index is 0.263. The molecule has 2 aromatic heterocycles. The molecule has 0 fully saturated rings. The topological polar surface area (TPSA) is 63.0 Å². The van der Waals surface area contributed by atoms with E-state index in [0.717, 1.165) is 22.5 Å². The maximum Gasteiger partial charge on any atom is 0.129 e. The maximum absolute atomic E-state index is 9.23.